The summed E-state index contributed by atoms with van der Waals surface area (Å²) in [6.07, 6.45) is 0. The highest BCUT2D eigenvalue weighted by Gasteiger charge is 2.21. The molecular formula is C24H31N3OS2. The molecule has 0 bridgehead atoms. The fourth-order valence-corrected chi connectivity index (χ4v) is 5.14. The van der Waals surface area contributed by atoms with Crippen molar-refractivity contribution in [2.75, 3.05) is 36.8 Å². The van der Waals surface area contributed by atoms with E-state index in [1.54, 1.807) is 23.1 Å². The summed E-state index contributed by atoms with van der Waals surface area (Å²) in [6, 6.07) is 12.6. The summed E-state index contributed by atoms with van der Waals surface area (Å²) < 4.78 is 1.14. The van der Waals surface area contributed by atoms with Crippen molar-refractivity contribution in [1.29, 1.82) is 0 Å². The lowest BCUT2D eigenvalue weighted by Crippen LogP contribution is -2.39. The SMILES string of the molecule is CCN(CC)CCN(C(=O)CSc1ccc(C)cc1)c1nc2c(C)c(C)ccc2s1. The first-order valence-corrected chi connectivity index (χ1v) is 12.3. The van der Waals surface area contributed by atoms with Crippen molar-refractivity contribution in [2.45, 2.75) is 39.5 Å². The van der Waals surface area contributed by atoms with Crippen LogP contribution in [0.3, 0.4) is 0 Å². The van der Waals surface area contributed by atoms with Gasteiger partial charge in [0.1, 0.15) is 0 Å². The van der Waals surface area contributed by atoms with E-state index in [-0.39, 0.29) is 5.91 Å². The van der Waals surface area contributed by atoms with Crippen molar-refractivity contribution in [2.24, 2.45) is 0 Å². The van der Waals surface area contributed by atoms with Crippen LogP contribution in [0.15, 0.2) is 41.3 Å². The van der Waals surface area contributed by atoms with Gasteiger partial charge in [-0.15, -0.1) is 11.8 Å². The molecule has 1 amide bonds. The van der Waals surface area contributed by atoms with Crippen molar-refractivity contribution >= 4 is 44.4 Å². The second-order valence-corrected chi connectivity index (χ2v) is 9.58. The third-order valence-electron chi connectivity index (χ3n) is 5.52. The normalized spacial score (nSPS) is 11.4. The van der Waals surface area contributed by atoms with Crippen LogP contribution >= 0.6 is 23.1 Å². The molecule has 0 radical (unpaired) electrons. The molecule has 0 aliphatic heterocycles. The van der Waals surface area contributed by atoms with Crippen molar-refractivity contribution in [1.82, 2.24) is 9.88 Å². The zero-order chi connectivity index (χ0) is 21.7. The molecule has 0 atom stereocenters. The fourth-order valence-electron chi connectivity index (χ4n) is 3.30. The van der Waals surface area contributed by atoms with E-state index >= 15 is 0 Å². The zero-order valence-corrected chi connectivity index (χ0v) is 20.2. The van der Waals surface area contributed by atoms with E-state index in [1.165, 1.54) is 16.7 Å². The van der Waals surface area contributed by atoms with Crippen LogP contribution in [0.5, 0.6) is 0 Å². The maximum atomic E-state index is 13.3. The van der Waals surface area contributed by atoms with E-state index in [2.05, 4.69) is 75.9 Å². The van der Waals surface area contributed by atoms with Crippen LogP contribution in [0.4, 0.5) is 5.13 Å². The monoisotopic (exact) mass is 441 g/mol. The first kappa shape index (κ1) is 22.8. The number of hydrogen-bond donors (Lipinski definition) is 0. The highest BCUT2D eigenvalue weighted by Crippen LogP contribution is 2.32. The van der Waals surface area contributed by atoms with Crippen molar-refractivity contribution < 1.29 is 4.79 Å². The number of benzene rings is 2. The van der Waals surface area contributed by atoms with Crippen molar-refractivity contribution in [3.05, 3.63) is 53.1 Å². The molecule has 0 aliphatic rings. The largest absolute Gasteiger partial charge is 0.302 e. The van der Waals surface area contributed by atoms with Gasteiger partial charge in [-0.1, -0.05) is 48.9 Å². The number of carbonyl (C=O) groups excluding carboxylic acids is 1. The number of hydrogen-bond acceptors (Lipinski definition) is 5. The second-order valence-electron chi connectivity index (χ2n) is 7.52. The minimum Gasteiger partial charge on any atom is -0.302 e. The van der Waals surface area contributed by atoms with Crippen LogP contribution in [0.25, 0.3) is 10.2 Å². The van der Waals surface area contributed by atoms with E-state index in [0.29, 0.717) is 12.3 Å². The molecule has 6 heteroatoms. The van der Waals surface area contributed by atoms with Gasteiger partial charge in [-0.05, 0) is 63.2 Å². The summed E-state index contributed by atoms with van der Waals surface area (Å²) in [4.78, 5) is 23.5. The lowest BCUT2D eigenvalue weighted by molar-refractivity contribution is -0.116. The molecule has 0 unspecified atom stereocenters. The number of fused-ring (bicyclic) bond motifs is 1. The Balaban J connectivity index is 1.83. The standard InChI is InChI=1S/C24H31N3OS2/c1-6-26(7-2)14-15-27(22(28)16-29-20-11-8-17(3)9-12-20)24-25-23-19(5)18(4)10-13-21(23)30-24/h8-13H,6-7,14-16H2,1-5H3. The van der Waals surface area contributed by atoms with Gasteiger partial charge in [-0.2, -0.15) is 0 Å². The molecule has 1 aromatic heterocycles. The minimum atomic E-state index is 0.112. The number of rotatable bonds is 9. The number of thiazole rings is 1. The van der Waals surface area contributed by atoms with Gasteiger partial charge in [0.15, 0.2) is 5.13 Å². The Hall–Kier alpha value is -1.89. The topological polar surface area (TPSA) is 36.4 Å². The second kappa shape index (κ2) is 10.4. The van der Waals surface area contributed by atoms with Gasteiger partial charge in [0.25, 0.3) is 0 Å². The maximum Gasteiger partial charge on any atom is 0.239 e. The van der Waals surface area contributed by atoms with Gasteiger partial charge in [-0.25, -0.2) is 4.98 Å². The molecule has 3 aromatic rings. The Morgan fingerprint density at radius 2 is 1.70 bits per heavy atom. The van der Waals surface area contributed by atoms with Gasteiger partial charge < -0.3 is 4.90 Å². The van der Waals surface area contributed by atoms with Crippen LogP contribution in [-0.4, -0.2) is 47.7 Å². The van der Waals surface area contributed by atoms with Crippen molar-refractivity contribution in [3.63, 3.8) is 0 Å². The Kier molecular flexibility index (Phi) is 7.92. The summed E-state index contributed by atoms with van der Waals surface area (Å²) in [5.74, 6) is 0.524. The fraction of sp³-hybridized carbons (Fsp3) is 0.417. The average molecular weight is 442 g/mol. The summed E-state index contributed by atoms with van der Waals surface area (Å²) in [5.41, 5.74) is 4.67. The molecule has 1 heterocycles. The number of anilines is 1. The summed E-state index contributed by atoms with van der Waals surface area (Å²) in [5, 5.41) is 0.806. The zero-order valence-electron chi connectivity index (χ0n) is 18.6. The van der Waals surface area contributed by atoms with Crippen LogP contribution < -0.4 is 4.90 Å². The highest BCUT2D eigenvalue weighted by atomic mass is 32.2. The first-order valence-electron chi connectivity index (χ1n) is 10.5. The number of likely N-dealkylation sites (N-methyl/N-ethyl adjacent to an activating group) is 1. The molecule has 0 fully saturated rings. The molecule has 3 rings (SSSR count). The van der Waals surface area contributed by atoms with Gasteiger partial charge in [-0.3, -0.25) is 9.69 Å². The van der Waals surface area contributed by atoms with E-state index in [4.69, 9.17) is 4.98 Å². The number of aryl methyl sites for hydroxylation is 3. The molecule has 0 aliphatic carbocycles. The first-order chi connectivity index (χ1) is 14.4. The third kappa shape index (κ3) is 5.42. The predicted molar refractivity (Wildman–Crippen MR) is 131 cm³/mol. The Morgan fingerprint density at radius 1 is 1.00 bits per heavy atom. The lowest BCUT2D eigenvalue weighted by atomic mass is 10.1. The Morgan fingerprint density at radius 3 is 2.37 bits per heavy atom. The molecule has 0 N–H and O–H groups in total. The lowest BCUT2D eigenvalue weighted by Gasteiger charge is -2.24. The van der Waals surface area contributed by atoms with Gasteiger partial charge in [0.05, 0.1) is 16.0 Å². The molecule has 2 aromatic carbocycles. The van der Waals surface area contributed by atoms with Gasteiger partial charge in [0.2, 0.25) is 5.91 Å². The smallest absolute Gasteiger partial charge is 0.239 e. The predicted octanol–water partition coefficient (Wildman–Crippen LogP) is 5.69. The van der Waals surface area contributed by atoms with Gasteiger partial charge >= 0.3 is 0 Å². The molecule has 0 saturated heterocycles. The number of carbonyl (C=O) groups is 1. The Labute approximate surface area is 188 Å². The maximum absolute atomic E-state index is 13.3. The third-order valence-corrected chi connectivity index (χ3v) is 7.56. The van der Waals surface area contributed by atoms with E-state index < -0.39 is 0 Å². The molecule has 0 saturated carbocycles. The number of nitrogens with zero attached hydrogens (tertiary/aromatic N) is 3. The van der Waals surface area contributed by atoms with Crippen LogP contribution in [0.1, 0.15) is 30.5 Å². The Bertz CT molecular complexity index is 994. The van der Waals surface area contributed by atoms with E-state index in [0.717, 1.165) is 39.9 Å². The number of amides is 1. The highest BCUT2D eigenvalue weighted by molar-refractivity contribution is 8.00. The van der Waals surface area contributed by atoms with Crippen LogP contribution in [0.2, 0.25) is 0 Å². The molecule has 0 spiro atoms. The summed E-state index contributed by atoms with van der Waals surface area (Å²) >= 11 is 3.20. The minimum absolute atomic E-state index is 0.112. The van der Waals surface area contributed by atoms with Crippen LogP contribution in [-0.2, 0) is 4.79 Å². The average Bonchev–Trinajstić information content (AvgIpc) is 3.18. The number of thioether (sulfide) groups is 1. The quantitative estimate of drug-likeness (QED) is 0.400. The van der Waals surface area contributed by atoms with Gasteiger partial charge in [0, 0.05) is 18.0 Å². The summed E-state index contributed by atoms with van der Waals surface area (Å²) in [6.45, 7) is 14.1. The molecule has 30 heavy (non-hydrogen) atoms. The van der Waals surface area contributed by atoms with Crippen molar-refractivity contribution in [3.8, 4) is 0 Å². The summed E-state index contributed by atoms with van der Waals surface area (Å²) in [7, 11) is 0. The van der Waals surface area contributed by atoms with Crippen LogP contribution in [0, 0.1) is 20.8 Å². The molecular weight excluding hydrogens is 410 g/mol. The molecule has 4 nitrogen and oxygen atoms in total. The number of aromatic nitrogens is 1. The molecule has 160 valence electrons. The van der Waals surface area contributed by atoms with E-state index in [1.807, 2.05) is 4.90 Å². The van der Waals surface area contributed by atoms with E-state index in [9.17, 15) is 4.79 Å².